The highest BCUT2D eigenvalue weighted by atomic mass is 16.5. The van der Waals surface area contributed by atoms with E-state index in [4.69, 9.17) is 9.26 Å². The second-order valence-corrected chi connectivity index (χ2v) is 5.13. The Morgan fingerprint density at radius 1 is 1.19 bits per heavy atom. The molecule has 0 saturated heterocycles. The fourth-order valence-corrected chi connectivity index (χ4v) is 1.95. The van der Waals surface area contributed by atoms with Crippen LogP contribution in [-0.4, -0.2) is 16.9 Å². The lowest BCUT2D eigenvalue weighted by molar-refractivity contribution is 0.0731. The number of carbonyl (C=O) groups excluding carboxylic acids is 2. The SMILES string of the molecule is CC(=O)c1ccc(OC(=O)c2c(C)noc2C(C)C)cc1. The number of rotatable bonds is 4. The van der Waals surface area contributed by atoms with Crippen LogP contribution in [0.5, 0.6) is 5.75 Å². The van der Waals surface area contributed by atoms with Crippen molar-refractivity contribution in [2.24, 2.45) is 0 Å². The van der Waals surface area contributed by atoms with Crippen LogP contribution in [0.15, 0.2) is 28.8 Å². The van der Waals surface area contributed by atoms with Gasteiger partial charge in [-0.2, -0.15) is 0 Å². The van der Waals surface area contributed by atoms with E-state index in [0.717, 1.165) is 0 Å². The number of nitrogens with zero attached hydrogens (tertiary/aromatic N) is 1. The minimum absolute atomic E-state index is 0.0360. The van der Waals surface area contributed by atoms with Crippen molar-refractivity contribution in [3.63, 3.8) is 0 Å². The summed E-state index contributed by atoms with van der Waals surface area (Å²) in [6.45, 7) is 7.01. The van der Waals surface area contributed by atoms with Crippen LogP contribution in [0.1, 0.15) is 58.9 Å². The van der Waals surface area contributed by atoms with Gasteiger partial charge in [0.2, 0.25) is 0 Å². The number of benzene rings is 1. The Kier molecular flexibility index (Phi) is 4.21. The summed E-state index contributed by atoms with van der Waals surface area (Å²) in [7, 11) is 0. The van der Waals surface area contributed by atoms with Crippen molar-refractivity contribution < 1.29 is 18.8 Å². The van der Waals surface area contributed by atoms with Gasteiger partial charge in [-0.05, 0) is 38.1 Å². The van der Waals surface area contributed by atoms with Crippen LogP contribution in [-0.2, 0) is 0 Å². The summed E-state index contributed by atoms with van der Waals surface area (Å²) in [5.74, 6) is 0.380. The number of hydrogen-bond acceptors (Lipinski definition) is 5. The molecule has 2 rings (SSSR count). The Labute approximate surface area is 122 Å². The van der Waals surface area contributed by atoms with Crippen LogP contribution >= 0.6 is 0 Å². The number of aromatic nitrogens is 1. The molecule has 0 saturated carbocycles. The summed E-state index contributed by atoms with van der Waals surface area (Å²) >= 11 is 0. The first kappa shape index (κ1) is 15.0. The largest absolute Gasteiger partial charge is 0.423 e. The number of Topliss-reactive ketones (excluding diaryl/α,β-unsaturated/α-hetero) is 1. The van der Waals surface area contributed by atoms with Crippen molar-refractivity contribution in [2.45, 2.75) is 33.6 Å². The lowest BCUT2D eigenvalue weighted by Gasteiger charge is -2.06. The normalized spacial score (nSPS) is 10.7. The molecule has 0 aliphatic carbocycles. The fraction of sp³-hybridized carbons (Fsp3) is 0.312. The van der Waals surface area contributed by atoms with Crippen molar-refractivity contribution in [1.29, 1.82) is 0 Å². The Hall–Kier alpha value is -2.43. The van der Waals surface area contributed by atoms with Crippen LogP contribution in [0.3, 0.4) is 0 Å². The smallest absolute Gasteiger partial charge is 0.349 e. The van der Waals surface area contributed by atoms with E-state index in [1.165, 1.54) is 6.92 Å². The molecule has 0 spiro atoms. The number of hydrogen-bond donors (Lipinski definition) is 0. The zero-order valence-electron chi connectivity index (χ0n) is 12.5. The molecule has 5 heteroatoms. The molecule has 0 aliphatic heterocycles. The first-order valence-corrected chi connectivity index (χ1v) is 6.69. The zero-order valence-corrected chi connectivity index (χ0v) is 12.5. The van der Waals surface area contributed by atoms with Crippen molar-refractivity contribution in [3.05, 3.63) is 46.8 Å². The lowest BCUT2D eigenvalue weighted by atomic mass is 10.1. The van der Waals surface area contributed by atoms with E-state index >= 15 is 0 Å². The molecule has 0 fully saturated rings. The highest BCUT2D eigenvalue weighted by molar-refractivity contribution is 5.95. The van der Waals surface area contributed by atoms with Crippen LogP contribution < -0.4 is 4.74 Å². The van der Waals surface area contributed by atoms with Gasteiger partial charge in [0.25, 0.3) is 0 Å². The molecule has 5 nitrogen and oxygen atoms in total. The second-order valence-electron chi connectivity index (χ2n) is 5.13. The number of aryl methyl sites for hydroxylation is 1. The third-order valence-electron chi connectivity index (χ3n) is 3.09. The van der Waals surface area contributed by atoms with Crippen LogP contribution in [0.2, 0.25) is 0 Å². The van der Waals surface area contributed by atoms with Crippen molar-refractivity contribution in [1.82, 2.24) is 5.16 Å². The Morgan fingerprint density at radius 3 is 2.33 bits per heavy atom. The molecule has 0 unspecified atom stereocenters. The third-order valence-corrected chi connectivity index (χ3v) is 3.09. The lowest BCUT2D eigenvalue weighted by Crippen LogP contribution is -2.12. The van der Waals surface area contributed by atoms with Crippen LogP contribution in [0.4, 0.5) is 0 Å². The maximum Gasteiger partial charge on any atom is 0.349 e. The van der Waals surface area contributed by atoms with Crippen molar-refractivity contribution in [3.8, 4) is 5.75 Å². The molecule has 1 aromatic carbocycles. The number of esters is 1. The van der Waals surface area contributed by atoms with E-state index in [-0.39, 0.29) is 11.7 Å². The maximum absolute atomic E-state index is 12.3. The molecule has 2 aromatic rings. The Morgan fingerprint density at radius 2 is 1.81 bits per heavy atom. The Bertz CT molecular complexity index is 668. The van der Waals surface area contributed by atoms with E-state index in [0.29, 0.717) is 28.3 Å². The first-order valence-electron chi connectivity index (χ1n) is 6.69. The van der Waals surface area contributed by atoms with E-state index in [1.54, 1.807) is 31.2 Å². The summed E-state index contributed by atoms with van der Waals surface area (Å²) < 4.78 is 10.5. The fourth-order valence-electron chi connectivity index (χ4n) is 1.95. The van der Waals surface area contributed by atoms with Gasteiger partial charge >= 0.3 is 5.97 Å². The zero-order chi connectivity index (χ0) is 15.6. The molecular weight excluding hydrogens is 270 g/mol. The van der Waals surface area contributed by atoms with Crippen LogP contribution in [0.25, 0.3) is 0 Å². The molecule has 0 radical (unpaired) electrons. The highest BCUT2D eigenvalue weighted by Gasteiger charge is 2.24. The summed E-state index contributed by atoms with van der Waals surface area (Å²) in [4.78, 5) is 23.5. The third kappa shape index (κ3) is 3.18. The van der Waals surface area contributed by atoms with Crippen molar-refractivity contribution in [2.75, 3.05) is 0 Å². The van der Waals surface area contributed by atoms with Gasteiger partial charge in [-0.1, -0.05) is 19.0 Å². The van der Waals surface area contributed by atoms with Gasteiger partial charge in [0, 0.05) is 11.5 Å². The van der Waals surface area contributed by atoms with Crippen molar-refractivity contribution >= 4 is 11.8 Å². The van der Waals surface area contributed by atoms with Gasteiger partial charge in [-0.25, -0.2) is 4.79 Å². The summed E-state index contributed by atoms with van der Waals surface area (Å²) in [6.07, 6.45) is 0. The van der Waals surface area contributed by atoms with E-state index in [1.807, 2.05) is 13.8 Å². The summed E-state index contributed by atoms with van der Waals surface area (Å²) in [5.41, 5.74) is 1.43. The molecule has 0 bridgehead atoms. The molecule has 0 atom stereocenters. The monoisotopic (exact) mass is 287 g/mol. The topological polar surface area (TPSA) is 69.4 Å². The Balaban J connectivity index is 2.22. The standard InChI is InChI=1S/C16H17NO4/c1-9(2)15-14(10(3)17-21-15)16(19)20-13-7-5-12(6-8-13)11(4)18/h5-9H,1-4H3. The molecule has 1 heterocycles. The molecular formula is C16H17NO4. The minimum Gasteiger partial charge on any atom is -0.423 e. The predicted octanol–water partition coefficient (Wildman–Crippen LogP) is 3.53. The van der Waals surface area contributed by atoms with E-state index in [2.05, 4.69) is 5.16 Å². The number of ether oxygens (including phenoxy) is 1. The predicted molar refractivity (Wildman–Crippen MR) is 76.7 cm³/mol. The van der Waals surface area contributed by atoms with E-state index in [9.17, 15) is 9.59 Å². The molecule has 21 heavy (non-hydrogen) atoms. The maximum atomic E-state index is 12.3. The minimum atomic E-state index is -0.506. The van der Waals surface area contributed by atoms with Gasteiger partial charge in [-0.15, -0.1) is 0 Å². The van der Waals surface area contributed by atoms with Gasteiger partial charge in [-0.3, -0.25) is 4.79 Å². The van der Waals surface area contributed by atoms with Gasteiger partial charge in [0.1, 0.15) is 11.3 Å². The quantitative estimate of drug-likeness (QED) is 0.489. The van der Waals surface area contributed by atoms with Gasteiger partial charge in [0.05, 0.1) is 5.69 Å². The number of carbonyl (C=O) groups is 2. The van der Waals surface area contributed by atoms with Gasteiger partial charge in [0.15, 0.2) is 11.5 Å². The van der Waals surface area contributed by atoms with E-state index < -0.39 is 5.97 Å². The van der Waals surface area contributed by atoms with Crippen LogP contribution in [0, 0.1) is 6.92 Å². The molecule has 1 aromatic heterocycles. The summed E-state index contributed by atoms with van der Waals surface area (Å²) in [6, 6.07) is 6.42. The number of ketones is 1. The molecule has 0 aliphatic rings. The highest BCUT2D eigenvalue weighted by Crippen LogP contribution is 2.24. The molecule has 110 valence electrons. The average Bonchev–Trinajstić information content (AvgIpc) is 2.81. The molecule has 0 amide bonds. The summed E-state index contributed by atoms with van der Waals surface area (Å²) in [5, 5.41) is 3.82. The first-order chi connectivity index (χ1) is 9.90. The molecule has 0 N–H and O–H groups in total. The average molecular weight is 287 g/mol. The van der Waals surface area contributed by atoms with Gasteiger partial charge < -0.3 is 9.26 Å². The second kappa shape index (κ2) is 5.91.